The zero-order valence-corrected chi connectivity index (χ0v) is 19.0. The van der Waals surface area contributed by atoms with Crippen LogP contribution in [0.3, 0.4) is 0 Å². The Morgan fingerprint density at radius 1 is 1.10 bits per heavy atom. The van der Waals surface area contributed by atoms with Gasteiger partial charge in [-0.05, 0) is 36.2 Å². The third-order valence-electron chi connectivity index (χ3n) is 5.18. The van der Waals surface area contributed by atoms with Crippen molar-refractivity contribution in [2.75, 3.05) is 20.8 Å². The molecule has 1 aliphatic rings. The molecule has 1 amide bonds. The van der Waals surface area contributed by atoms with Crippen LogP contribution in [0.15, 0.2) is 42.0 Å². The van der Waals surface area contributed by atoms with Gasteiger partial charge >= 0.3 is 0 Å². The molecule has 1 atom stereocenters. The number of unbranched alkanes of at least 4 members (excludes halogenated alkanes) is 1. The van der Waals surface area contributed by atoms with Gasteiger partial charge in [0.05, 0.1) is 35.9 Å². The van der Waals surface area contributed by atoms with Crippen LogP contribution in [-0.4, -0.2) is 42.5 Å². The zero-order valence-electron chi connectivity index (χ0n) is 17.4. The van der Waals surface area contributed by atoms with E-state index in [2.05, 4.69) is 0 Å². The average molecular weight is 464 g/mol. The van der Waals surface area contributed by atoms with E-state index in [4.69, 9.17) is 32.7 Å². The lowest BCUT2D eigenvalue weighted by atomic mass is 9.95. The highest BCUT2D eigenvalue weighted by Gasteiger charge is 2.45. The fourth-order valence-corrected chi connectivity index (χ4v) is 4.29. The van der Waals surface area contributed by atoms with Crippen molar-refractivity contribution >= 4 is 40.7 Å². The van der Waals surface area contributed by atoms with Gasteiger partial charge in [-0.15, -0.1) is 0 Å². The van der Waals surface area contributed by atoms with Gasteiger partial charge in [-0.25, -0.2) is 0 Å². The Bertz CT molecular complexity index is 1030. The van der Waals surface area contributed by atoms with Gasteiger partial charge in [0.1, 0.15) is 11.5 Å². The predicted molar refractivity (Wildman–Crippen MR) is 120 cm³/mol. The predicted octanol–water partition coefficient (Wildman–Crippen LogP) is 5.23. The Labute approximate surface area is 191 Å². The SMILES string of the molecule is CCCCN1C(=O)C(=O)/C(=C(/O)c2cc(Cl)c(OC)c(Cl)c2)C1c1cccc(OC)c1. The van der Waals surface area contributed by atoms with Crippen molar-refractivity contribution in [1.82, 2.24) is 4.90 Å². The van der Waals surface area contributed by atoms with Crippen LogP contribution in [0.4, 0.5) is 0 Å². The van der Waals surface area contributed by atoms with Gasteiger partial charge in [0, 0.05) is 12.1 Å². The van der Waals surface area contributed by atoms with Gasteiger partial charge in [-0.3, -0.25) is 9.59 Å². The number of aliphatic hydroxyl groups excluding tert-OH is 1. The van der Waals surface area contributed by atoms with E-state index in [9.17, 15) is 14.7 Å². The van der Waals surface area contributed by atoms with E-state index in [1.807, 2.05) is 6.92 Å². The molecule has 164 valence electrons. The molecule has 8 heteroatoms. The largest absolute Gasteiger partial charge is 0.507 e. The van der Waals surface area contributed by atoms with Crippen molar-refractivity contribution in [2.45, 2.75) is 25.8 Å². The lowest BCUT2D eigenvalue weighted by Crippen LogP contribution is -2.30. The van der Waals surface area contributed by atoms with E-state index < -0.39 is 17.7 Å². The van der Waals surface area contributed by atoms with Crippen molar-refractivity contribution in [2.24, 2.45) is 0 Å². The molecular formula is C23H23Cl2NO5. The van der Waals surface area contributed by atoms with Crippen molar-refractivity contribution in [3.8, 4) is 11.5 Å². The normalized spacial score (nSPS) is 17.8. The Balaban J connectivity index is 2.21. The molecule has 0 aliphatic carbocycles. The van der Waals surface area contributed by atoms with E-state index in [-0.39, 0.29) is 32.7 Å². The molecule has 1 N–H and O–H groups in total. The lowest BCUT2D eigenvalue weighted by Gasteiger charge is -2.25. The summed E-state index contributed by atoms with van der Waals surface area (Å²) in [5.74, 6) is -0.934. The summed E-state index contributed by atoms with van der Waals surface area (Å²) in [5, 5.41) is 11.5. The molecule has 1 aliphatic heterocycles. The van der Waals surface area contributed by atoms with Crippen LogP contribution < -0.4 is 9.47 Å². The molecule has 31 heavy (non-hydrogen) atoms. The second-order valence-electron chi connectivity index (χ2n) is 7.10. The number of benzene rings is 2. The number of carbonyl (C=O) groups excluding carboxylic acids is 2. The number of halogens is 2. The topological polar surface area (TPSA) is 76.1 Å². The van der Waals surface area contributed by atoms with E-state index in [1.165, 1.54) is 31.3 Å². The molecule has 0 radical (unpaired) electrons. The summed E-state index contributed by atoms with van der Waals surface area (Å²) in [4.78, 5) is 27.3. The summed E-state index contributed by atoms with van der Waals surface area (Å²) in [7, 11) is 2.96. The summed E-state index contributed by atoms with van der Waals surface area (Å²) in [5.41, 5.74) is 0.853. The molecule has 1 unspecified atom stereocenters. The molecule has 2 aromatic rings. The number of carbonyl (C=O) groups is 2. The number of nitrogens with zero attached hydrogens (tertiary/aromatic N) is 1. The van der Waals surface area contributed by atoms with E-state index in [0.717, 1.165) is 6.42 Å². The van der Waals surface area contributed by atoms with Crippen molar-refractivity contribution < 1.29 is 24.2 Å². The van der Waals surface area contributed by atoms with E-state index in [1.54, 1.807) is 24.3 Å². The van der Waals surface area contributed by atoms with Gasteiger partial charge in [0.25, 0.3) is 11.7 Å². The molecule has 0 bridgehead atoms. The Morgan fingerprint density at radius 2 is 1.77 bits per heavy atom. The Morgan fingerprint density at radius 3 is 2.35 bits per heavy atom. The van der Waals surface area contributed by atoms with Gasteiger partial charge in [-0.1, -0.05) is 48.7 Å². The van der Waals surface area contributed by atoms with Gasteiger partial charge in [0.2, 0.25) is 0 Å². The number of rotatable bonds is 7. The molecule has 0 saturated carbocycles. The Hall–Kier alpha value is -2.70. The molecule has 1 heterocycles. The van der Waals surface area contributed by atoms with Crippen LogP contribution in [0.25, 0.3) is 5.76 Å². The highest BCUT2D eigenvalue weighted by Crippen LogP contribution is 2.42. The summed E-state index contributed by atoms with van der Waals surface area (Å²) < 4.78 is 10.5. The van der Waals surface area contributed by atoms with E-state index in [0.29, 0.717) is 24.3 Å². The number of aliphatic hydroxyl groups is 1. The van der Waals surface area contributed by atoms with Crippen molar-refractivity contribution in [1.29, 1.82) is 0 Å². The number of hydrogen-bond donors (Lipinski definition) is 1. The van der Waals surface area contributed by atoms with Crippen LogP contribution >= 0.6 is 23.2 Å². The average Bonchev–Trinajstić information content (AvgIpc) is 3.01. The lowest BCUT2D eigenvalue weighted by molar-refractivity contribution is -0.139. The monoisotopic (exact) mass is 463 g/mol. The van der Waals surface area contributed by atoms with Crippen LogP contribution in [0.5, 0.6) is 11.5 Å². The Kier molecular flexibility index (Phi) is 7.13. The maximum atomic E-state index is 13.0. The molecule has 1 saturated heterocycles. The van der Waals surface area contributed by atoms with Crippen LogP contribution in [0.1, 0.15) is 36.9 Å². The van der Waals surface area contributed by atoms with Gasteiger partial charge in [0.15, 0.2) is 5.75 Å². The first-order valence-electron chi connectivity index (χ1n) is 9.79. The number of ketones is 1. The second kappa shape index (κ2) is 9.62. The molecule has 3 rings (SSSR count). The maximum absolute atomic E-state index is 13.0. The number of methoxy groups -OCH3 is 2. The first-order valence-corrected chi connectivity index (χ1v) is 10.5. The summed E-state index contributed by atoms with van der Waals surface area (Å²) in [6.07, 6.45) is 1.56. The first-order chi connectivity index (χ1) is 14.8. The highest BCUT2D eigenvalue weighted by molar-refractivity contribution is 6.46. The minimum Gasteiger partial charge on any atom is -0.507 e. The molecular weight excluding hydrogens is 441 g/mol. The van der Waals surface area contributed by atoms with Crippen LogP contribution in [0.2, 0.25) is 10.0 Å². The standard InChI is InChI=1S/C23H23Cl2NO5/c1-4-5-9-26-19(13-7-6-8-15(10-13)30-2)18(21(28)23(26)29)20(27)14-11-16(24)22(31-3)17(25)12-14/h6-8,10-12,19,27H,4-5,9H2,1-3H3/b20-18+. The third-order valence-corrected chi connectivity index (χ3v) is 5.74. The number of ether oxygens (including phenoxy) is 2. The van der Waals surface area contributed by atoms with E-state index >= 15 is 0 Å². The highest BCUT2D eigenvalue weighted by atomic mass is 35.5. The summed E-state index contributed by atoms with van der Waals surface area (Å²) in [6, 6.07) is 9.21. The van der Waals surface area contributed by atoms with Crippen LogP contribution in [-0.2, 0) is 9.59 Å². The number of likely N-dealkylation sites (tertiary alicyclic amines) is 1. The summed E-state index contributed by atoms with van der Waals surface area (Å²) in [6.45, 7) is 2.38. The van der Waals surface area contributed by atoms with Crippen molar-refractivity contribution in [3.05, 3.63) is 63.1 Å². The first kappa shape index (κ1) is 23.0. The van der Waals surface area contributed by atoms with Gasteiger partial charge < -0.3 is 19.5 Å². The minimum atomic E-state index is -0.763. The smallest absolute Gasteiger partial charge is 0.295 e. The third kappa shape index (κ3) is 4.36. The molecule has 1 fully saturated rings. The zero-order chi connectivity index (χ0) is 22.7. The van der Waals surface area contributed by atoms with Gasteiger partial charge in [-0.2, -0.15) is 0 Å². The quantitative estimate of drug-likeness (QED) is 0.345. The molecule has 2 aromatic carbocycles. The number of Topliss-reactive ketones (excluding diaryl/α,β-unsaturated/α-hetero) is 1. The molecule has 0 aromatic heterocycles. The van der Waals surface area contributed by atoms with Crippen LogP contribution in [0, 0.1) is 0 Å². The maximum Gasteiger partial charge on any atom is 0.295 e. The second-order valence-corrected chi connectivity index (χ2v) is 7.91. The van der Waals surface area contributed by atoms with Crippen molar-refractivity contribution in [3.63, 3.8) is 0 Å². The fraction of sp³-hybridized carbons (Fsp3) is 0.304. The fourth-order valence-electron chi connectivity index (χ4n) is 3.64. The summed E-state index contributed by atoms with van der Waals surface area (Å²) >= 11 is 12.4. The molecule has 0 spiro atoms. The molecule has 6 nitrogen and oxygen atoms in total. The minimum absolute atomic E-state index is 0.0216. The number of hydrogen-bond acceptors (Lipinski definition) is 5. The number of amides is 1.